The lowest BCUT2D eigenvalue weighted by Gasteiger charge is -2.27. The second-order valence-electron chi connectivity index (χ2n) is 5.83. The second-order valence-corrected chi connectivity index (χ2v) is 7.66. The molecule has 2 aromatic rings. The summed E-state index contributed by atoms with van der Waals surface area (Å²) in [6, 6.07) is 5.52. The van der Waals surface area contributed by atoms with Crippen LogP contribution in [0, 0.1) is 6.92 Å². The molecule has 24 heavy (non-hydrogen) atoms. The Hall–Kier alpha value is -0.920. The summed E-state index contributed by atoms with van der Waals surface area (Å²) < 4.78 is 28.2. The Balaban J connectivity index is 0.00000144. The van der Waals surface area contributed by atoms with Gasteiger partial charge in [0.25, 0.3) is 0 Å². The number of sulfonamides is 1. The molecule has 0 spiro atoms. The zero-order valence-corrected chi connectivity index (χ0v) is 16.2. The number of nitrogens with one attached hydrogen (secondary N) is 1. The van der Waals surface area contributed by atoms with Gasteiger partial charge in [-0.2, -0.15) is 4.31 Å². The molecule has 1 saturated heterocycles. The number of hydrogen-bond donors (Lipinski definition) is 1. The first kappa shape index (κ1) is 21.1. The van der Waals surface area contributed by atoms with Crippen molar-refractivity contribution in [3.05, 3.63) is 36.2 Å². The van der Waals surface area contributed by atoms with Gasteiger partial charge in [0.2, 0.25) is 10.0 Å². The zero-order chi connectivity index (χ0) is 15.7. The van der Waals surface area contributed by atoms with Gasteiger partial charge >= 0.3 is 0 Å². The molecule has 134 valence electrons. The van der Waals surface area contributed by atoms with Gasteiger partial charge in [-0.3, -0.25) is 4.98 Å². The van der Waals surface area contributed by atoms with Crippen LogP contribution in [0.4, 0.5) is 0 Å². The summed E-state index contributed by atoms with van der Waals surface area (Å²) in [6.07, 6.45) is 4.18. The fourth-order valence-electron chi connectivity index (χ4n) is 3.06. The van der Waals surface area contributed by atoms with Gasteiger partial charge in [-0.15, -0.1) is 24.8 Å². The highest BCUT2D eigenvalue weighted by molar-refractivity contribution is 7.89. The molecule has 0 aliphatic carbocycles. The van der Waals surface area contributed by atoms with E-state index in [-0.39, 0.29) is 30.9 Å². The lowest BCUT2D eigenvalue weighted by molar-refractivity contribution is 0.353. The molecule has 2 heterocycles. The summed E-state index contributed by atoms with van der Waals surface area (Å²) in [7, 11) is -3.53. The Labute approximate surface area is 155 Å². The van der Waals surface area contributed by atoms with Gasteiger partial charge < -0.3 is 5.32 Å². The van der Waals surface area contributed by atoms with E-state index in [0.29, 0.717) is 18.0 Å². The van der Waals surface area contributed by atoms with Crippen LogP contribution in [0.3, 0.4) is 0 Å². The van der Waals surface area contributed by atoms with Crippen molar-refractivity contribution < 1.29 is 8.42 Å². The molecular weight excluding hydrogens is 369 g/mol. The van der Waals surface area contributed by atoms with Gasteiger partial charge in [-0.25, -0.2) is 8.42 Å². The quantitative estimate of drug-likeness (QED) is 0.854. The highest BCUT2D eigenvalue weighted by atomic mass is 35.5. The summed E-state index contributed by atoms with van der Waals surface area (Å²) in [5.41, 5.74) is 0.781. The molecular formula is C16H23Cl2N3O2S. The van der Waals surface area contributed by atoms with Crippen LogP contribution in [0.5, 0.6) is 0 Å². The third kappa shape index (κ3) is 3.83. The van der Waals surface area contributed by atoms with Crippen LogP contribution in [-0.2, 0) is 10.0 Å². The molecule has 1 aliphatic rings. The van der Waals surface area contributed by atoms with Gasteiger partial charge in [0.05, 0.1) is 4.90 Å². The van der Waals surface area contributed by atoms with Crippen molar-refractivity contribution in [2.45, 2.75) is 31.2 Å². The van der Waals surface area contributed by atoms with E-state index in [0.717, 1.165) is 29.3 Å². The third-order valence-corrected chi connectivity index (χ3v) is 6.42. The second kappa shape index (κ2) is 8.45. The minimum atomic E-state index is -3.53. The molecule has 1 aromatic carbocycles. The highest BCUT2D eigenvalue weighted by Crippen LogP contribution is 2.30. The monoisotopic (exact) mass is 391 g/mol. The van der Waals surface area contributed by atoms with Crippen LogP contribution in [0.25, 0.3) is 10.8 Å². The van der Waals surface area contributed by atoms with Gasteiger partial charge in [-0.1, -0.05) is 12.1 Å². The molecule has 1 N–H and O–H groups in total. The van der Waals surface area contributed by atoms with Crippen LogP contribution in [0.1, 0.15) is 18.9 Å². The average Bonchev–Trinajstić information content (AvgIpc) is 2.71. The number of fused-ring (bicyclic) bond motifs is 1. The maximum atomic E-state index is 13.3. The molecule has 0 amide bonds. The smallest absolute Gasteiger partial charge is 0.244 e. The lowest BCUT2D eigenvalue weighted by atomic mass is 10.1. The molecule has 1 atom stereocenters. The van der Waals surface area contributed by atoms with Crippen molar-refractivity contribution >= 4 is 45.6 Å². The zero-order valence-electron chi connectivity index (χ0n) is 13.7. The summed E-state index contributed by atoms with van der Waals surface area (Å²) in [5, 5.41) is 4.89. The Bertz CT molecular complexity index is 799. The summed E-state index contributed by atoms with van der Waals surface area (Å²) in [4.78, 5) is 4.51. The average molecular weight is 392 g/mol. The Morgan fingerprint density at radius 2 is 2.00 bits per heavy atom. The van der Waals surface area contributed by atoms with E-state index in [1.165, 1.54) is 0 Å². The fraction of sp³-hybridized carbons (Fsp3) is 0.438. The van der Waals surface area contributed by atoms with Crippen LogP contribution >= 0.6 is 24.8 Å². The van der Waals surface area contributed by atoms with E-state index in [1.54, 1.807) is 22.8 Å². The van der Waals surface area contributed by atoms with Gasteiger partial charge in [0, 0.05) is 42.3 Å². The predicted molar refractivity (Wildman–Crippen MR) is 102 cm³/mol. The summed E-state index contributed by atoms with van der Waals surface area (Å²) in [5.74, 6) is 0. The molecule has 3 rings (SSSR count). The maximum absolute atomic E-state index is 13.3. The topological polar surface area (TPSA) is 62.3 Å². The number of benzene rings is 1. The van der Waals surface area contributed by atoms with E-state index < -0.39 is 10.0 Å². The van der Waals surface area contributed by atoms with E-state index in [4.69, 9.17) is 0 Å². The molecule has 0 radical (unpaired) electrons. The minimum absolute atomic E-state index is 0. The van der Waals surface area contributed by atoms with Crippen molar-refractivity contribution in [1.29, 1.82) is 0 Å². The van der Waals surface area contributed by atoms with Gasteiger partial charge in [0.15, 0.2) is 0 Å². The van der Waals surface area contributed by atoms with Crippen LogP contribution in [0.15, 0.2) is 35.5 Å². The Morgan fingerprint density at radius 3 is 2.75 bits per heavy atom. The first-order valence-electron chi connectivity index (χ1n) is 7.57. The third-order valence-electron chi connectivity index (χ3n) is 4.20. The molecule has 5 nitrogen and oxygen atoms in total. The Morgan fingerprint density at radius 1 is 1.25 bits per heavy atom. The number of nitrogens with zero attached hydrogens (tertiary/aromatic N) is 2. The molecule has 1 aliphatic heterocycles. The largest absolute Gasteiger partial charge is 0.315 e. The SMILES string of the molecule is Cc1ccc2cnccc2c1S(=O)(=O)N1CCCNC[C@@H]1C.Cl.Cl. The first-order chi connectivity index (χ1) is 10.5. The van der Waals surface area contributed by atoms with Crippen LogP contribution < -0.4 is 5.32 Å². The van der Waals surface area contributed by atoms with Crippen molar-refractivity contribution in [1.82, 2.24) is 14.6 Å². The molecule has 1 fully saturated rings. The molecule has 8 heteroatoms. The van der Waals surface area contributed by atoms with E-state index in [9.17, 15) is 8.42 Å². The van der Waals surface area contributed by atoms with Crippen LogP contribution in [-0.4, -0.2) is 43.4 Å². The molecule has 0 saturated carbocycles. The number of pyridine rings is 1. The normalized spacial score (nSPS) is 19.2. The van der Waals surface area contributed by atoms with E-state index in [2.05, 4.69) is 10.3 Å². The Kier molecular flexibility index (Phi) is 7.44. The van der Waals surface area contributed by atoms with E-state index in [1.807, 2.05) is 26.0 Å². The molecule has 1 aromatic heterocycles. The minimum Gasteiger partial charge on any atom is -0.315 e. The van der Waals surface area contributed by atoms with Crippen molar-refractivity contribution in [2.24, 2.45) is 0 Å². The number of rotatable bonds is 2. The first-order valence-corrected chi connectivity index (χ1v) is 9.01. The van der Waals surface area contributed by atoms with Crippen molar-refractivity contribution in [3.8, 4) is 0 Å². The fourth-order valence-corrected chi connectivity index (χ4v) is 5.15. The number of halogens is 2. The summed E-state index contributed by atoms with van der Waals surface area (Å²) >= 11 is 0. The number of aryl methyl sites for hydroxylation is 1. The number of hydrogen-bond acceptors (Lipinski definition) is 4. The molecule has 0 bridgehead atoms. The molecule has 0 unspecified atom stereocenters. The van der Waals surface area contributed by atoms with Crippen molar-refractivity contribution in [2.75, 3.05) is 19.6 Å². The standard InChI is InChI=1S/C16H21N3O2S.2ClH/c1-12-4-5-14-11-18-8-6-15(14)16(12)22(20,21)19-9-3-7-17-10-13(19)2;;/h4-6,8,11,13,17H,3,7,9-10H2,1-2H3;2*1H/t13-;;/m0../s1. The van der Waals surface area contributed by atoms with Gasteiger partial charge in [-0.05, 0) is 38.4 Å². The van der Waals surface area contributed by atoms with Crippen molar-refractivity contribution in [3.63, 3.8) is 0 Å². The summed E-state index contributed by atoms with van der Waals surface area (Å²) in [6.45, 7) is 5.90. The number of aromatic nitrogens is 1. The predicted octanol–water partition coefficient (Wildman–Crippen LogP) is 2.76. The maximum Gasteiger partial charge on any atom is 0.244 e. The van der Waals surface area contributed by atoms with E-state index >= 15 is 0 Å². The van der Waals surface area contributed by atoms with Crippen LogP contribution in [0.2, 0.25) is 0 Å². The van der Waals surface area contributed by atoms with Gasteiger partial charge in [0.1, 0.15) is 0 Å². The lowest BCUT2D eigenvalue weighted by Crippen LogP contribution is -2.41. The highest BCUT2D eigenvalue weighted by Gasteiger charge is 2.32.